The largest absolute Gasteiger partial charge is 0.356 e. The summed E-state index contributed by atoms with van der Waals surface area (Å²) in [6.07, 6.45) is 3.59. The number of H-pyrrole nitrogens is 1. The quantitative estimate of drug-likeness (QED) is 0.863. The second-order valence-corrected chi connectivity index (χ2v) is 5.53. The van der Waals surface area contributed by atoms with Gasteiger partial charge in [0.1, 0.15) is 0 Å². The molecule has 0 bridgehead atoms. The number of rotatable bonds is 2. The fourth-order valence-corrected chi connectivity index (χ4v) is 3.32. The van der Waals surface area contributed by atoms with Crippen LogP contribution in [-0.2, 0) is 6.42 Å². The van der Waals surface area contributed by atoms with Gasteiger partial charge < -0.3 is 10.3 Å². The summed E-state index contributed by atoms with van der Waals surface area (Å²) in [5, 5.41) is 4.86. The molecule has 0 radical (unpaired) electrons. The second kappa shape index (κ2) is 4.46. The molecule has 3 heteroatoms. The predicted molar refractivity (Wildman–Crippen MR) is 75.4 cm³/mol. The van der Waals surface area contributed by atoms with E-state index < -0.39 is 0 Å². The first-order chi connectivity index (χ1) is 8.29. The summed E-state index contributed by atoms with van der Waals surface area (Å²) >= 11 is 3.75. The van der Waals surface area contributed by atoms with Crippen LogP contribution >= 0.6 is 15.9 Å². The Morgan fingerprint density at radius 1 is 1.41 bits per heavy atom. The highest BCUT2D eigenvalue weighted by atomic mass is 79.9. The highest BCUT2D eigenvalue weighted by Crippen LogP contribution is 2.35. The van der Waals surface area contributed by atoms with E-state index in [0.717, 1.165) is 13.0 Å². The van der Waals surface area contributed by atoms with Crippen molar-refractivity contribution in [2.24, 2.45) is 0 Å². The first kappa shape index (κ1) is 11.3. The van der Waals surface area contributed by atoms with Gasteiger partial charge in [-0.1, -0.05) is 13.0 Å². The molecular formula is C14H17BrN2. The lowest BCUT2D eigenvalue weighted by Crippen LogP contribution is -2.13. The van der Waals surface area contributed by atoms with Crippen LogP contribution in [-0.4, -0.2) is 11.5 Å². The second-order valence-electron chi connectivity index (χ2n) is 4.74. The number of hydrogen-bond donors (Lipinski definition) is 2. The van der Waals surface area contributed by atoms with E-state index in [1.807, 2.05) is 0 Å². The molecule has 1 saturated heterocycles. The van der Waals surface area contributed by atoms with Gasteiger partial charge in [-0.05, 0) is 59.4 Å². The predicted octanol–water partition coefficient (Wildman–Crippen LogP) is 3.92. The molecule has 90 valence electrons. The SMILES string of the molecule is CCc1ccc2[nH]c(C3CCCN3)c(Br)c2c1. The monoisotopic (exact) mass is 292 g/mol. The topological polar surface area (TPSA) is 27.8 Å². The van der Waals surface area contributed by atoms with Crippen LogP contribution in [0.15, 0.2) is 22.7 Å². The molecule has 2 N–H and O–H groups in total. The molecule has 17 heavy (non-hydrogen) atoms. The third-order valence-electron chi connectivity index (χ3n) is 3.64. The fraction of sp³-hybridized carbons (Fsp3) is 0.429. The van der Waals surface area contributed by atoms with Crippen LogP contribution in [0, 0.1) is 0 Å². The Hall–Kier alpha value is -0.800. The summed E-state index contributed by atoms with van der Waals surface area (Å²) in [4.78, 5) is 3.55. The minimum Gasteiger partial charge on any atom is -0.356 e. The minimum atomic E-state index is 0.488. The molecule has 0 aliphatic carbocycles. The maximum atomic E-state index is 3.75. The average Bonchev–Trinajstić information content (AvgIpc) is 2.97. The van der Waals surface area contributed by atoms with Crippen LogP contribution in [0.2, 0.25) is 0 Å². The number of hydrogen-bond acceptors (Lipinski definition) is 1. The number of aryl methyl sites for hydroxylation is 1. The van der Waals surface area contributed by atoms with Gasteiger partial charge >= 0.3 is 0 Å². The lowest BCUT2D eigenvalue weighted by molar-refractivity contribution is 0.630. The molecule has 1 aromatic heterocycles. The molecule has 1 unspecified atom stereocenters. The normalized spacial score (nSPS) is 20.2. The zero-order valence-corrected chi connectivity index (χ0v) is 11.6. The van der Waals surface area contributed by atoms with Crippen molar-refractivity contribution < 1.29 is 0 Å². The van der Waals surface area contributed by atoms with Crippen LogP contribution in [0.3, 0.4) is 0 Å². The van der Waals surface area contributed by atoms with Crippen LogP contribution in [0.4, 0.5) is 0 Å². The Morgan fingerprint density at radius 2 is 2.29 bits per heavy atom. The number of fused-ring (bicyclic) bond motifs is 1. The number of halogens is 1. The summed E-state index contributed by atoms with van der Waals surface area (Å²) in [7, 11) is 0. The Kier molecular flexibility index (Phi) is 2.97. The van der Waals surface area contributed by atoms with Gasteiger partial charge in [0.15, 0.2) is 0 Å². The highest BCUT2D eigenvalue weighted by Gasteiger charge is 2.21. The van der Waals surface area contributed by atoms with Crippen molar-refractivity contribution in [2.75, 3.05) is 6.54 Å². The lowest BCUT2D eigenvalue weighted by Gasteiger charge is -2.08. The summed E-state index contributed by atoms with van der Waals surface area (Å²) < 4.78 is 1.24. The van der Waals surface area contributed by atoms with Crippen LogP contribution in [0.5, 0.6) is 0 Å². The van der Waals surface area contributed by atoms with Gasteiger partial charge in [0, 0.05) is 27.1 Å². The van der Waals surface area contributed by atoms with E-state index in [2.05, 4.69) is 51.4 Å². The van der Waals surface area contributed by atoms with Crippen molar-refractivity contribution in [3.63, 3.8) is 0 Å². The van der Waals surface area contributed by atoms with Gasteiger partial charge in [-0.3, -0.25) is 0 Å². The van der Waals surface area contributed by atoms with Crippen molar-refractivity contribution in [1.82, 2.24) is 10.3 Å². The minimum absolute atomic E-state index is 0.488. The summed E-state index contributed by atoms with van der Waals surface area (Å²) in [5.74, 6) is 0. The summed E-state index contributed by atoms with van der Waals surface area (Å²) in [6.45, 7) is 3.33. The summed E-state index contributed by atoms with van der Waals surface area (Å²) in [5.41, 5.74) is 3.94. The van der Waals surface area contributed by atoms with Gasteiger partial charge in [0.25, 0.3) is 0 Å². The average molecular weight is 293 g/mol. The molecule has 1 aliphatic rings. The van der Waals surface area contributed by atoms with Crippen LogP contribution < -0.4 is 5.32 Å². The van der Waals surface area contributed by atoms with E-state index >= 15 is 0 Å². The van der Waals surface area contributed by atoms with Crippen LogP contribution in [0.25, 0.3) is 10.9 Å². The number of nitrogens with one attached hydrogen (secondary N) is 2. The zero-order valence-electron chi connectivity index (χ0n) is 10.0. The number of aromatic amines is 1. The third-order valence-corrected chi connectivity index (χ3v) is 4.50. The van der Waals surface area contributed by atoms with Crippen LogP contribution in [0.1, 0.15) is 37.1 Å². The van der Waals surface area contributed by atoms with E-state index in [4.69, 9.17) is 0 Å². The van der Waals surface area contributed by atoms with E-state index in [9.17, 15) is 0 Å². The Bertz CT molecular complexity index is 538. The van der Waals surface area contributed by atoms with Crippen molar-refractivity contribution in [3.05, 3.63) is 33.9 Å². The molecular weight excluding hydrogens is 276 g/mol. The van der Waals surface area contributed by atoms with E-state index in [1.165, 1.54) is 39.5 Å². The first-order valence-electron chi connectivity index (χ1n) is 6.33. The molecule has 0 amide bonds. The van der Waals surface area contributed by atoms with E-state index in [1.54, 1.807) is 0 Å². The van der Waals surface area contributed by atoms with E-state index in [-0.39, 0.29) is 0 Å². The molecule has 1 atom stereocenters. The highest BCUT2D eigenvalue weighted by molar-refractivity contribution is 9.10. The van der Waals surface area contributed by atoms with Gasteiger partial charge in [-0.15, -0.1) is 0 Å². The van der Waals surface area contributed by atoms with Crippen molar-refractivity contribution >= 4 is 26.8 Å². The molecule has 2 nitrogen and oxygen atoms in total. The number of benzene rings is 1. The van der Waals surface area contributed by atoms with Gasteiger partial charge in [0.05, 0.1) is 0 Å². The van der Waals surface area contributed by atoms with Gasteiger partial charge in [-0.2, -0.15) is 0 Å². The van der Waals surface area contributed by atoms with Crippen molar-refractivity contribution in [2.45, 2.75) is 32.2 Å². The molecule has 1 fully saturated rings. The molecule has 0 spiro atoms. The Labute approximate surface area is 110 Å². The molecule has 0 saturated carbocycles. The maximum Gasteiger partial charge on any atom is 0.0485 e. The zero-order chi connectivity index (χ0) is 11.8. The first-order valence-corrected chi connectivity index (χ1v) is 7.12. The molecule has 3 rings (SSSR count). The van der Waals surface area contributed by atoms with Crippen molar-refractivity contribution in [3.8, 4) is 0 Å². The summed E-state index contributed by atoms with van der Waals surface area (Å²) in [6, 6.07) is 7.17. The molecule has 2 aromatic rings. The van der Waals surface area contributed by atoms with Gasteiger partial charge in [-0.25, -0.2) is 0 Å². The number of aromatic nitrogens is 1. The Balaban J connectivity index is 2.11. The molecule has 1 aromatic carbocycles. The van der Waals surface area contributed by atoms with E-state index in [0.29, 0.717) is 6.04 Å². The Morgan fingerprint density at radius 3 is 3.00 bits per heavy atom. The molecule has 2 heterocycles. The maximum absolute atomic E-state index is 3.75. The third kappa shape index (κ3) is 1.91. The van der Waals surface area contributed by atoms with Gasteiger partial charge in [0.2, 0.25) is 0 Å². The molecule has 1 aliphatic heterocycles. The van der Waals surface area contributed by atoms with Crippen molar-refractivity contribution in [1.29, 1.82) is 0 Å². The lowest BCUT2D eigenvalue weighted by atomic mass is 10.1. The fourth-order valence-electron chi connectivity index (χ4n) is 2.62. The standard InChI is InChI=1S/C14H17BrN2/c1-2-9-5-6-11-10(8-9)13(15)14(17-11)12-4-3-7-16-12/h5-6,8,12,16-17H,2-4,7H2,1H3. The smallest absolute Gasteiger partial charge is 0.0485 e.